The van der Waals surface area contributed by atoms with Crippen molar-refractivity contribution in [1.29, 1.82) is 0 Å². The van der Waals surface area contributed by atoms with Crippen LogP contribution in [0.1, 0.15) is 10.4 Å². The maximum absolute atomic E-state index is 11.7. The Morgan fingerprint density at radius 2 is 1.80 bits per heavy atom. The van der Waals surface area contributed by atoms with Gasteiger partial charge in [-0.25, -0.2) is 36.1 Å². The summed E-state index contributed by atoms with van der Waals surface area (Å²) in [6.45, 7) is -0.261. The summed E-state index contributed by atoms with van der Waals surface area (Å²) in [4.78, 5) is 14.1. The summed E-state index contributed by atoms with van der Waals surface area (Å²) in [6, 6.07) is 2.16. The Bertz CT molecular complexity index is 681. The number of aromatic nitrogens is 1. The van der Waals surface area contributed by atoms with E-state index in [2.05, 4.69) is 14.4 Å². The molecule has 0 atom stereocenters. The fourth-order valence-electron chi connectivity index (χ4n) is 1.16. The van der Waals surface area contributed by atoms with Crippen molar-refractivity contribution >= 4 is 26.0 Å². The van der Waals surface area contributed by atoms with Crippen LogP contribution in [0.5, 0.6) is 0 Å². The first-order chi connectivity index (χ1) is 9.12. The van der Waals surface area contributed by atoms with Crippen LogP contribution in [0.2, 0.25) is 0 Å². The average Bonchev–Trinajstić information content (AvgIpc) is 2.34. The summed E-state index contributed by atoms with van der Waals surface area (Å²) >= 11 is 0. The number of carboxylic acid groups (broad SMARTS) is 1. The second kappa shape index (κ2) is 6.26. The van der Waals surface area contributed by atoms with Crippen molar-refractivity contribution in [3.8, 4) is 0 Å². The maximum atomic E-state index is 11.7. The molecule has 1 aromatic heterocycles. The highest BCUT2D eigenvalue weighted by atomic mass is 32.2. The minimum atomic E-state index is -3.91. The number of nitrogens with one attached hydrogen (secondary N) is 2. The molecule has 0 amide bonds. The molecule has 0 aromatic carbocycles. The number of carbonyl (C=O) groups is 1. The van der Waals surface area contributed by atoms with Gasteiger partial charge in [-0.2, -0.15) is 0 Å². The molecule has 1 heterocycles. The summed E-state index contributed by atoms with van der Waals surface area (Å²) < 4.78 is 49.3. The molecule has 0 fully saturated rings. The summed E-state index contributed by atoms with van der Waals surface area (Å²) in [7, 11) is -7.30. The normalized spacial score (nSPS) is 12.2. The Balaban J connectivity index is 2.67. The van der Waals surface area contributed by atoms with E-state index in [1.807, 2.05) is 0 Å². The SMILES string of the molecule is CS(=O)(=O)NCCNS(=O)(=O)c1ccc(C(=O)O)cn1. The van der Waals surface area contributed by atoms with Crippen molar-refractivity contribution in [2.75, 3.05) is 19.3 Å². The first kappa shape index (κ1) is 16.5. The monoisotopic (exact) mass is 323 g/mol. The summed E-state index contributed by atoms with van der Waals surface area (Å²) in [5.74, 6) is -1.22. The van der Waals surface area contributed by atoms with E-state index >= 15 is 0 Å². The number of hydrogen-bond acceptors (Lipinski definition) is 6. The highest BCUT2D eigenvalue weighted by molar-refractivity contribution is 7.89. The molecule has 112 valence electrons. The van der Waals surface area contributed by atoms with Crippen LogP contribution in [0.4, 0.5) is 0 Å². The first-order valence-corrected chi connectivity index (χ1v) is 8.63. The van der Waals surface area contributed by atoms with Gasteiger partial charge in [-0.15, -0.1) is 0 Å². The van der Waals surface area contributed by atoms with Gasteiger partial charge in [0.05, 0.1) is 11.8 Å². The molecule has 20 heavy (non-hydrogen) atoms. The molecule has 1 rings (SSSR count). The molecule has 0 aliphatic carbocycles. The predicted molar refractivity (Wildman–Crippen MR) is 69.2 cm³/mol. The molecular weight excluding hydrogens is 310 g/mol. The van der Waals surface area contributed by atoms with Gasteiger partial charge in [0.1, 0.15) is 0 Å². The van der Waals surface area contributed by atoms with Crippen LogP contribution in [0.25, 0.3) is 0 Å². The Hall–Kier alpha value is -1.56. The number of pyridine rings is 1. The fraction of sp³-hybridized carbons (Fsp3) is 0.333. The van der Waals surface area contributed by atoms with E-state index < -0.39 is 26.0 Å². The van der Waals surface area contributed by atoms with Gasteiger partial charge in [-0.1, -0.05) is 0 Å². The minimum absolute atomic E-state index is 0.106. The van der Waals surface area contributed by atoms with Crippen molar-refractivity contribution < 1.29 is 26.7 Å². The van der Waals surface area contributed by atoms with Crippen LogP contribution < -0.4 is 9.44 Å². The zero-order valence-corrected chi connectivity index (χ0v) is 12.0. The molecule has 0 radical (unpaired) electrons. The molecule has 11 heteroatoms. The smallest absolute Gasteiger partial charge is 0.337 e. The molecule has 3 N–H and O–H groups in total. The van der Waals surface area contributed by atoms with E-state index in [-0.39, 0.29) is 23.7 Å². The standard InChI is InChI=1S/C9H13N3O6S2/c1-19(15,16)11-4-5-12-20(17,18)8-3-2-7(6-10-8)9(13)14/h2-3,6,11-12H,4-5H2,1H3,(H,13,14). The van der Waals surface area contributed by atoms with Crippen LogP contribution in [-0.2, 0) is 20.0 Å². The van der Waals surface area contributed by atoms with Gasteiger partial charge >= 0.3 is 5.97 Å². The highest BCUT2D eigenvalue weighted by Crippen LogP contribution is 2.06. The Kier molecular flexibility index (Phi) is 5.16. The van der Waals surface area contributed by atoms with Gasteiger partial charge in [0.25, 0.3) is 10.0 Å². The molecule has 0 spiro atoms. The van der Waals surface area contributed by atoms with Gasteiger partial charge in [-0.05, 0) is 12.1 Å². The van der Waals surface area contributed by atoms with E-state index in [9.17, 15) is 21.6 Å². The lowest BCUT2D eigenvalue weighted by atomic mass is 10.3. The lowest BCUT2D eigenvalue weighted by Gasteiger charge is -2.06. The Morgan fingerprint density at radius 3 is 2.25 bits per heavy atom. The third kappa shape index (κ3) is 5.21. The quantitative estimate of drug-likeness (QED) is 0.524. The van der Waals surface area contributed by atoms with Gasteiger partial charge in [-0.3, -0.25) is 0 Å². The summed E-state index contributed by atoms with van der Waals surface area (Å²) in [6.07, 6.45) is 1.87. The maximum Gasteiger partial charge on any atom is 0.337 e. The number of aromatic carboxylic acids is 1. The fourth-order valence-corrected chi connectivity index (χ4v) is 2.59. The molecular formula is C9H13N3O6S2. The topological polar surface area (TPSA) is 143 Å². The van der Waals surface area contributed by atoms with Crippen molar-refractivity contribution in [3.05, 3.63) is 23.9 Å². The van der Waals surface area contributed by atoms with Crippen molar-refractivity contribution in [3.63, 3.8) is 0 Å². The van der Waals surface area contributed by atoms with Gasteiger partial charge in [0, 0.05) is 19.3 Å². The Labute approximate surface area is 116 Å². The lowest BCUT2D eigenvalue weighted by Crippen LogP contribution is -2.34. The van der Waals surface area contributed by atoms with Crippen LogP contribution in [0, 0.1) is 0 Å². The number of carboxylic acids is 1. The van der Waals surface area contributed by atoms with E-state index in [0.717, 1.165) is 24.6 Å². The average molecular weight is 323 g/mol. The van der Waals surface area contributed by atoms with Crippen molar-refractivity contribution in [2.24, 2.45) is 0 Å². The van der Waals surface area contributed by atoms with Gasteiger partial charge in [0.15, 0.2) is 5.03 Å². The molecule has 9 nitrogen and oxygen atoms in total. The highest BCUT2D eigenvalue weighted by Gasteiger charge is 2.16. The molecule has 0 unspecified atom stereocenters. The molecule has 0 saturated heterocycles. The van der Waals surface area contributed by atoms with Gasteiger partial charge in [0.2, 0.25) is 10.0 Å². The molecule has 0 aliphatic heterocycles. The molecule has 0 aliphatic rings. The molecule has 0 bridgehead atoms. The van der Waals surface area contributed by atoms with Crippen LogP contribution in [-0.4, -0.2) is 52.2 Å². The third-order valence-corrected chi connectivity index (χ3v) is 4.14. The van der Waals surface area contributed by atoms with Crippen LogP contribution in [0.3, 0.4) is 0 Å². The first-order valence-electron chi connectivity index (χ1n) is 5.25. The largest absolute Gasteiger partial charge is 0.478 e. The third-order valence-electron chi connectivity index (χ3n) is 2.04. The van der Waals surface area contributed by atoms with Crippen LogP contribution in [0.15, 0.2) is 23.4 Å². The minimum Gasteiger partial charge on any atom is -0.478 e. The van der Waals surface area contributed by atoms with E-state index in [4.69, 9.17) is 5.11 Å². The van der Waals surface area contributed by atoms with Crippen molar-refractivity contribution in [2.45, 2.75) is 5.03 Å². The van der Waals surface area contributed by atoms with Crippen molar-refractivity contribution in [1.82, 2.24) is 14.4 Å². The number of hydrogen-bond donors (Lipinski definition) is 3. The van der Waals surface area contributed by atoms with E-state index in [1.54, 1.807) is 0 Å². The number of sulfonamides is 2. The second-order valence-corrected chi connectivity index (χ2v) is 7.30. The van der Waals surface area contributed by atoms with E-state index in [1.165, 1.54) is 0 Å². The molecule has 0 saturated carbocycles. The lowest BCUT2D eigenvalue weighted by molar-refractivity contribution is 0.0696. The molecule has 1 aromatic rings. The number of nitrogens with zero attached hydrogens (tertiary/aromatic N) is 1. The predicted octanol–water partition coefficient (Wildman–Crippen LogP) is -1.39. The second-order valence-electron chi connectivity index (χ2n) is 3.75. The zero-order chi connectivity index (χ0) is 15.4. The zero-order valence-electron chi connectivity index (χ0n) is 10.4. The van der Waals surface area contributed by atoms with Crippen LogP contribution >= 0.6 is 0 Å². The van der Waals surface area contributed by atoms with E-state index in [0.29, 0.717) is 0 Å². The number of rotatable bonds is 7. The summed E-state index contributed by atoms with van der Waals surface area (Å²) in [5.41, 5.74) is -0.136. The Morgan fingerprint density at radius 1 is 1.20 bits per heavy atom. The summed E-state index contributed by atoms with van der Waals surface area (Å²) in [5, 5.41) is 8.31. The van der Waals surface area contributed by atoms with Gasteiger partial charge < -0.3 is 5.11 Å².